The summed E-state index contributed by atoms with van der Waals surface area (Å²) >= 11 is 1.65. The zero-order chi connectivity index (χ0) is 17.6. The SMILES string of the molecule is CCOCCOc1ccnc(CSc2nc3cc(C)ccc3[nH]2)c1C. The largest absolute Gasteiger partial charge is 0.491 e. The van der Waals surface area contributed by atoms with E-state index in [9.17, 15) is 0 Å². The Morgan fingerprint density at radius 3 is 2.88 bits per heavy atom. The van der Waals surface area contributed by atoms with Gasteiger partial charge in [0, 0.05) is 24.1 Å². The van der Waals surface area contributed by atoms with E-state index in [1.54, 1.807) is 18.0 Å². The summed E-state index contributed by atoms with van der Waals surface area (Å²) in [4.78, 5) is 12.5. The summed E-state index contributed by atoms with van der Waals surface area (Å²) in [6.45, 7) is 7.95. The van der Waals surface area contributed by atoms with Crippen LogP contribution >= 0.6 is 11.8 Å². The number of aryl methyl sites for hydroxylation is 1. The van der Waals surface area contributed by atoms with Gasteiger partial charge in [-0.3, -0.25) is 4.98 Å². The number of hydrogen-bond donors (Lipinski definition) is 1. The number of aromatic nitrogens is 3. The molecule has 2 heterocycles. The van der Waals surface area contributed by atoms with Crippen molar-refractivity contribution in [3.8, 4) is 5.75 Å². The number of nitrogens with one attached hydrogen (secondary N) is 1. The lowest BCUT2D eigenvalue weighted by Crippen LogP contribution is -2.08. The lowest BCUT2D eigenvalue weighted by atomic mass is 10.2. The molecule has 6 heteroatoms. The molecular formula is C19H23N3O2S. The monoisotopic (exact) mass is 357 g/mol. The quantitative estimate of drug-likeness (QED) is 0.481. The standard InChI is InChI=1S/C19H23N3O2S/c1-4-23-9-10-24-18-7-8-20-17(14(18)3)12-25-19-21-15-6-5-13(2)11-16(15)22-19/h5-8,11H,4,9-10,12H2,1-3H3,(H,21,22). The highest BCUT2D eigenvalue weighted by Gasteiger charge is 2.09. The van der Waals surface area contributed by atoms with Gasteiger partial charge >= 0.3 is 0 Å². The van der Waals surface area contributed by atoms with E-state index in [1.165, 1.54) is 5.56 Å². The van der Waals surface area contributed by atoms with Crippen molar-refractivity contribution in [2.45, 2.75) is 31.7 Å². The summed E-state index contributed by atoms with van der Waals surface area (Å²) in [5.74, 6) is 1.61. The molecule has 3 rings (SSSR count). The molecule has 0 amide bonds. The summed E-state index contributed by atoms with van der Waals surface area (Å²) in [5, 5.41) is 0.907. The first kappa shape index (κ1) is 17.8. The van der Waals surface area contributed by atoms with E-state index in [0.29, 0.717) is 19.8 Å². The lowest BCUT2D eigenvalue weighted by Gasteiger charge is -2.11. The molecule has 0 saturated heterocycles. The van der Waals surface area contributed by atoms with E-state index in [0.717, 1.165) is 38.9 Å². The molecule has 25 heavy (non-hydrogen) atoms. The highest BCUT2D eigenvalue weighted by atomic mass is 32.2. The van der Waals surface area contributed by atoms with Gasteiger partial charge in [0.1, 0.15) is 12.4 Å². The van der Waals surface area contributed by atoms with Crippen LogP contribution in [0.15, 0.2) is 35.6 Å². The van der Waals surface area contributed by atoms with Crippen molar-refractivity contribution in [2.24, 2.45) is 0 Å². The molecule has 0 aliphatic carbocycles. The van der Waals surface area contributed by atoms with Crippen molar-refractivity contribution in [2.75, 3.05) is 19.8 Å². The van der Waals surface area contributed by atoms with E-state index < -0.39 is 0 Å². The lowest BCUT2D eigenvalue weighted by molar-refractivity contribution is 0.110. The van der Waals surface area contributed by atoms with Gasteiger partial charge in [-0.2, -0.15) is 0 Å². The minimum Gasteiger partial charge on any atom is -0.491 e. The van der Waals surface area contributed by atoms with E-state index >= 15 is 0 Å². The molecule has 0 saturated carbocycles. The summed E-state index contributed by atoms with van der Waals surface area (Å²) in [6, 6.07) is 8.15. The molecule has 0 aliphatic rings. The van der Waals surface area contributed by atoms with Crippen LogP contribution in [-0.2, 0) is 10.5 Å². The minimum absolute atomic E-state index is 0.550. The summed E-state index contributed by atoms with van der Waals surface area (Å²) in [7, 11) is 0. The minimum atomic E-state index is 0.550. The number of fused-ring (bicyclic) bond motifs is 1. The van der Waals surface area contributed by atoms with Crippen LogP contribution in [-0.4, -0.2) is 34.8 Å². The molecule has 1 aromatic carbocycles. The van der Waals surface area contributed by atoms with Gasteiger partial charge in [0.25, 0.3) is 0 Å². The second-order valence-corrected chi connectivity index (χ2v) is 6.74. The predicted octanol–water partition coefficient (Wildman–Crippen LogP) is 4.28. The maximum atomic E-state index is 5.80. The number of nitrogens with zero attached hydrogens (tertiary/aromatic N) is 2. The van der Waals surface area contributed by atoms with E-state index in [2.05, 4.69) is 40.1 Å². The first-order valence-electron chi connectivity index (χ1n) is 8.41. The molecule has 0 radical (unpaired) electrons. The molecule has 132 valence electrons. The van der Waals surface area contributed by atoms with Crippen LogP contribution in [0.5, 0.6) is 5.75 Å². The first-order chi connectivity index (χ1) is 12.2. The molecule has 0 bridgehead atoms. The number of imidazole rings is 1. The second kappa shape index (κ2) is 8.36. The van der Waals surface area contributed by atoms with Crippen LogP contribution < -0.4 is 4.74 Å². The van der Waals surface area contributed by atoms with E-state index in [4.69, 9.17) is 9.47 Å². The smallest absolute Gasteiger partial charge is 0.166 e. The van der Waals surface area contributed by atoms with Crippen molar-refractivity contribution in [3.05, 3.63) is 47.3 Å². The van der Waals surface area contributed by atoms with Crippen LogP contribution in [0.2, 0.25) is 0 Å². The Labute approximate surface area is 152 Å². The highest BCUT2D eigenvalue weighted by Crippen LogP contribution is 2.27. The third-order valence-corrected chi connectivity index (χ3v) is 4.80. The average Bonchev–Trinajstić information content (AvgIpc) is 3.01. The molecule has 0 spiro atoms. The number of pyridine rings is 1. The fraction of sp³-hybridized carbons (Fsp3) is 0.368. The summed E-state index contributed by atoms with van der Waals surface area (Å²) in [6.07, 6.45) is 1.79. The fourth-order valence-electron chi connectivity index (χ4n) is 2.51. The van der Waals surface area contributed by atoms with Crippen molar-refractivity contribution in [1.82, 2.24) is 15.0 Å². The number of benzene rings is 1. The molecule has 0 fully saturated rings. The summed E-state index contributed by atoms with van der Waals surface area (Å²) in [5.41, 5.74) is 5.35. The number of H-pyrrole nitrogens is 1. The zero-order valence-electron chi connectivity index (χ0n) is 14.8. The second-order valence-electron chi connectivity index (χ2n) is 5.78. The Morgan fingerprint density at radius 2 is 2.04 bits per heavy atom. The highest BCUT2D eigenvalue weighted by molar-refractivity contribution is 7.98. The Bertz CT molecular complexity index is 848. The Hall–Kier alpha value is -2.05. The predicted molar refractivity (Wildman–Crippen MR) is 101 cm³/mol. The molecule has 0 unspecified atom stereocenters. The van der Waals surface area contributed by atoms with Gasteiger partial charge in [-0.25, -0.2) is 4.98 Å². The van der Waals surface area contributed by atoms with Crippen LogP contribution in [0.4, 0.5) is 0 Å². The molecule has 1 N–H and O–H groups in total. The Balaban J connectivity index is 1.65. The first-order valence-corrected chi connectivity index (χ1v) is 9.40. The van der Waals surface area contributed by atoms with Gasteiger partial charge < -0.3 is 14.5 Å². The van der Waals surface area contributed by atoms with Crippen molar-refractivity contribution >= 4 is 22.8 Å². The molecular weight excluding hydrogens is 334 g/mol. The van der Waals surface area contributed by atoms with E-state index in [-0.39, 0.29) is 0 Å². The zero-order valence-corrected chi connectivity index (χ0v) is 15.7. The molecule has 0 atom stereocenters. The maximum absolute atomic E-state index is 5.80. The van der Waals surface area contributed by atoms with Crippen LogP contribution in [0, 0.1) is 13.8 Å². The maximum Gasteiger partial charge on any atom is 0.166 e. The third-order valence-electron chi connectivity index (χ3n) is 3.91. The van der Waals surface area contributed by atoms with Gasteiger partial charge in [-0.05, 0) is 44.5 Å². The fourth-order valence-corrected chi connectivity index (χ4v) is 3.42. The van der Waals surface area contributed by atoms with Crippen LogP contribution in [0.25, 0.3) is 11.0 Å². The third kappa shape index (κ3) is 4.52. The van der Waals surface area contributed by atoms with Gasteiger partial charge in [-0.1, -0.05) is 17.8 Å². The topological polar surface area (TPSA) is 60.0 Å². The Morgan fingerprint density at radius 1 is 1.16 bits per heavy atom. The van der Waals surface area contributed by atoms with Gasteiger partial charge in [0.15, 0.2) is 5.16 Å². The molecule has 2 aromatic heterocycles. The number of aromatic amines is 1. The Kier molecular flexibility index (Phi) is 5.94. The molecule has 0 aliphatic heterocycles. The average molecular weight is 357 g/mol. The number of ether oxygens (including phenoxy) is 2. The number of hydrogen-bond acceptors (Lipinski definition) is 5. The summed E-state index contributed by atoms with van der Waals surface area (Å²) < 4.78 is 11.1. The van der Waals surface area contributed by atoms with Crippen molar-refractivity contribution < 1.29 is 9.47 Å². The normalized spacial score (nSPS) is 11.2. The number of thioether (sulfide) groups is 1. The molecule has 5 nitrogen and oxygen atoms in total. The van der Waals surface area contributed by atoms with Crippen molar-refractivity contribution in [1.29, 1.82) is 0 Å². The van der Waals surface area contributed by atoms with Gasteiger partial charge in [-0.15, -0.1) is 0 Å². The van der Waals surface area contributed by atoms with Gasteiger partial charge in [0.05, 0.1) is 23.3 Å². The van der Waals surface area contributed by atoms with E-state index in [1.807, 2.05) is 19.9 Å². The van der Waals surface area contributed by atoms with Gasteiger partial charge in [0.2, 0.25) is 0 Å². The van der Waals surface area contributed by atoms with Crippen molar-refractivity contribution in [3.63, 3.8) is 0 Å². The number of rotatable bonds is 8. The van der Waals surface area contributed by atoms with Crippen LogP contribution in [0.3, 0.4) is 0 Å². The molecule has 3 aromatic rings. The van der Waals surface area contributed by atoms with Crippen LogP contribution in [0.1, 0.15) is 23.7 Å².